The number of alkyl halides is 3. The molecule has 0 aliphatic carbocycles. The maximum Gasteiger partial charge on any atom is 0.282 e. The molecule has 0 bridgehead atoms. The van der Waals surface area contributed by atoms with Crippen LogP contribution in [0, 0.1) is 5.82 Å². The molecule has 1 aliphatic rings. The molecule has 1 aromatic carbocycles. The standard InChI is InChI=1S/C23H22ClF4N5O2S/c1-22(36-21(29)31-13-25,7-6-19(34)33-11-23(27,28)12-33)9-14-8-16(3-4-17(14)26)32-20(35)18-5-2-15(24)10-30-18/h2-8,10H,9,11-13H2,1H3,(H2,29,31)(H,32,35)/b7-6+/t22-/m0/s1. The molecule has 0 radical (unpaired) electrons. The highest BCUT2D eigenvalue weighted by Crippen LogP contribution is 2.33. The van der Waals surface area contributed by atoms with Gasteiger partial charge in [0, 0.05) is 22.7 Å². The molecule has 1 saturated heterocycles. The van der Waals surface area contributed by atoms with E-state index >= 15 is 0 Å². The third kappa shape index (κ3) is 7.44. The second kappa shape index (κ2) is 11.3. The zero-order valence-electron chi connectivity index (χ0n) is 19.0. The number of benzene rings is 1. The monoisotopic (exact) mass is 543 g/mol. The molecular weight excluding hydrogens is 522 g/mol. The van der Waals surface area contributed by atoms with Crippen LogP contribution in [0.4, 0.5) is 23.2 Å². The molecule has 36 heavy (non-hydrogen) atoms. The van der Waals surface area contributed by atoms with Crippen LogP contribution in [0.1, 0.15) is 23.0 Å². The minimum absolute atomic E-state index is 0.0607. The summed E-state index contributed by atoms with van der Waals surface area (Å²) >= 11 is 6.66. The van der Waals surface area contributed by atoms with Crippen LogP contribution < -0.4 is 11.1 Å². The molecular formula is C23H22ClF4N5O2S. The quantitative estimate of drug-likeness (QED) is 0.169. The highest BCUT2D eigenvalue weighted by atomic mass is 35.5. The number of pyridine rings is 1. The first-order valence-electron chi connectivity index (χ1n) is 10.5. The van der Waals surface area contributed by atoms with Crippen molar-refractivity contribution in [1.82, 2.24) is 9.88 Å². The highest BCUT2D eigenvalue weighted by molar-refractivity contribution is 8.15. The van der Waals surface area contributed by atoms with E-state index in [-0.39, 0.29) is 28.5 Å². The van der Waals surface area contributed by atoms with E-state index in [1.807, 2.05) is 0 Å². The Hall–Kier alpha value is -3.12. The summed E-state index contributed by atoms with van der Waals surface area (Å²) in [5.41, 5.74) is 6.26. The summed E-state index contributed by atoms with van der Waals surface area (Å²) < 4.78 is 52.4. The minimum atomic E-state index is -2.92. The van der Waals surface area contributed by atoms with Gasteiger partial charge in [0.25, 0.3) is 11.8 Å². The Bertz CT molecular complexity index is 1190. The summed E-state index contributed by atoms with van der Waals surface area (Å²) in [7, 11) is 0. The third-order valence-corrected chi connectivity index (χ3v) is 6.40. The normalized spacial score (nSPS) is 16.9. The van der Waals surface area contributed by atoms with E-state index < -0.39 is 48.2 Å². The Morgan fingerprint density at radius 1 is 1.33 bits per heavy atom. The zero-order valence-corrected chi connectivity index (χ0v) is 20.6. The van der Waals surface area contributed by atoms with Crippen LogP contribution in [0.3, 0.4) is 0 Å². The number of aliphatic imine (C=N–C) groups is 1. The van der Waals surface area contributed by atoms with Gasteiger partial charge in [-0.2, -0.15) is 0 Å². The fraction of sp³-hybridized carbons (Fsp3) is 0.304. The summed E-state index contributed by atoms with van der Waals surface area (Å²) in [6.45, 7) is -0.848. The van der Waals surface area contributed by atoms with E-state index in [1.54, 1.807) is 6.92 Å². The Balaban J connectivity index is 1.81. The van der Waals surface area contributed by atoms with Crippen LogP contribution in [0.2, 0.25) is 5.02 Å². The maximum absolute atomic E-state index is 14.7. The lowest BCUT2D eigenvalue weighted by atomic mass is 9.98. The number of amides is 2. The van der Waals surface area contributed by atoms with Gasteiger partial charge in [0.15, 0.2) is 12.0 Å². The molecule has 7 nitrogen and oxygen atoms in total. The molecule has 0 unspecified atom stereocenters. The molecule has 3 N–H and O–H groups in total. The molecule has 2 heterocycles. The molecule has 13 heteroatoms. The van der Waals surface area contributed by atoms with E-state index in [4.69, 9.17) is 17.3 Å². The smallest absolute Gasteiger partial charge is 0.282 e. The molecule has 1 fully saturated rings. The van der Waals surface area contributed by atoms with Gasteiger partial charge in [-0.15, -0.1) is 0 Å². The summed E-state index contributed by atoms with van der Waals surface area (Å²) in [5.74, 6) is -4.72. The number of hydrogen-bond acceptors (Lipinski definition) is 5. The van der Waals surface area contributed by atoms with Crippen LogP contribution in [-0.4, -0.2) is 57.4 Å². The number of aromatic nitrogens is 1. The third-order valence-electron chi connectivity index (χ3n) is 5.09. The lowest BCUT2D eigenvalue weighted by Crippen LogP contribution is -2.58. The van der Waals surface area contributed by atoms with Crippen molar-refractivity contribution in [2.75, 3.05) is 25.2 Å². The molecule has 0 spiro atoms. The van der Waals surface area contributed by atoms with Gasteiger partial charge in [-0.05, 0) is 49.2 Å². The van der Waals surface area contributed by atoms with Crippen molar-refractivity contribution in [2.45, 2.75) is 24.0 Å². The number of rotatable bonds is 8. The fourth-order valence-corrected chi connectivity index (χ4v) is 4.42. The number of likely N-dealkylation sites (tertiary alicyclic amines) is 1. The van der Waals surface area contributed by atoms with Crippen molar-refractivity contribution in [3.8, 4) is 0 Å². The second-order valence-electron chi connectivity index (χ2n) is 8.21. The van der Waals surface area contributed by atoms with Gasteiger partial charge in [-0.3, -0.25) is 9.59 Å². The van der Waals surface area contributed by atoms with E-state index in [2.05, 4.69) is 15.3 Å². The van der Waals surface area contributed by atoms with Crippen LogP contribution >= 0.6 is 23.4 Å². The SMILES string of the molecule is C[C@](/C=C/C(=O)N1CC(F)(F)C1)(Cc1cc(NC(=O)c2ccc(Cl)cn2)ccc1F)S/C(N)=N\CF. The largest absolute Gasteiger partial charge is 0.378 e. The van der Waals surface area contributed by atoms with Crippen molar-refractivity contribution in [1.29, 1.82) is 0 Å². The molecule has 1 aliphatic heterocycles. The fourth-order valence-electron chi connectivity index (χ4n) is 3.35. The van der Waals surface area contributed by atoms with Gasteiger partial charge in [-0.25, -0.2) is 27.5 Å². The second-order valence-corrected chi connectivity index (χ2v) is 10.2. The van der Waals surface area contributed by atoms with Crippen LogP contribution in [0.15, 0.2) is 53.7 Å². The van der Waals surface area contributed by atoms with E-state index in [1.165, 1.54) is 36.5 Å². The lowest BCUT2D eigenvalue weighted by molar-refractivity contribution is -0.160. The highest BCUT2D eigenvalue weighted by Gasteiger charge is 2.45. The molecule has 2 aromatic rings. The van der Waals surface area contributed by atoms with Crippen molar-refractivity contribution < 1.29 is 27.2 Å². The molecule has 3 rings (SSSR count). The Morgan fingerprint density at radius 2 is 2.06 bits per heavy atom. The number of carbonyl (C=O) groups excluding carboxylic acids is 2. The summed E-state index contributed by atoms with van der Waals surface area (Å²) in [4.78, 5) is 33.1. The van der Waals surface area contributed by atoms with Crippen LogP contribution in [0.25, 0.3) is 0 Å². The average molecular weight is 544 g/mol. The van der Waals surface area contributed by atoms with Crippen molar-refractivity contribution in [3.63, 3.8) is 0 Å². The number of amidine groups is 1. The van der Waals surface area contributed by atoms with Gasteiger partial charge in [-0.1, -0.05) is 29.4 Å². The van der Waals surface area contributed by atoms with E-state index in [0.717, 1.165) is 28.8 Å². The molecule has 2 amide bonds. The minimum Gasteiger partial charge on any atom is -0.378 e. The number of nitrogens with zero attached hydrogens (tertiary/aromatic N) is 3. The number of nitrogens with one attached hydrogen (secondary N) is 1. The van der Waals surface area contributed by atoms with E-state index in [9.17, 15) is 27.2 Å². The first-order chi connectivity index (χ1) is 16.9. The summed E-state index contributed by atoms with van der Waals surface area (Å²) in [6.07, 6.45) is 3.74. The van der Waals surface area contributed by atoms with Crippen LogP contribution in [-0.2, 0) is 11.2 Å². The molecule has 1 aromatic heterocycles. The number of halogens is 5. The Labute approximate surface area is 213 Å². The topological polar surface area (TPSA) is 101 Å². The molecule has 0 saturated carbocycles. The maximum atomic E-state index is 14.7. The first kappa shape index (κ1) is 27.5. The van der Waals surface area contributed by atoms with Gasteiger partial charge < -0.3 is 16.0 Å². The lowest BCUT2D eigenvalue weighted by Gasteiger charge is -2.38. The van der Waals surface area contributed by atoms with Gasteiger partial charge >= 0.3 is 0 Å². The number of nitrogens with two attached hydrogens (primary N) is 1. The van der Waals surface area contributed by atoms with Crippen molar-refractivity contribution in [3.05, 3.63) is 70.8 Å². The van der Waals surface area contributed by atoms with Gasteiger partial charge in [0.05, 0.1) is 18.1 Å². The molecule has 1 atom stereocenters. The Morgan fingerprint density at radius 3 is 2.67 bits per heavy atom. The van der Waals surface area contributed by atoms with E-state index in [0.29, 0.717) is 5.02 Å². The average Bonchev–Trinajstić information content (AvgIpc) is 2.78. The van der Waals surface area contributed by atoms with Crippen molar-refractivity contribution >= 4 is 46.0 Å². The predicted octanol–water partition coefficient (Wildman–Crippen LogP) is 4.44. The number of hydrogen-bond donors (Lipinski definition) is 2. The number of carbonyl (C=O) groups is 2. The van der Waals surface area contributed by atoms with Crippen LogP contribution in [0.5, 0.6) is 0 Å². The summed E-state index contributed by atoms with van der Waals surface area (Å²) in [6, 6.07) is 6.84. The predicted molar refractivity (Wildman–Crippen MR) is 132 cm³/mol. The summed E-state index contributed by atoms with van der Waals surface area (Å²) in [5, 5.41) is 2.83. The van der Waals surface area contributed by atoms with Crippen molar-refractivity contribution in [2.24, 2.45) is 10.7 Å². The van der Waals surface area contributed by atoms with Gasteiger partial charge in [0.1, 0.15) is 11.5 Å². The van der Waals surface area contributed by atoms with Gasteiger partial charge in [0.2, 0.25) is 5.91 Å². The molecule has 192 valence electrons. The Kier molecular flexibility index (Phi) is 8.62. The first-order valence-corrected chi connectivity index (χ1v) is 11.7. The zero-order chi connectivity index (χ0) is 26.5. The number of thioether (sulfide) groups is 1. The number of anilines is 1.